The van der Waals surface area contributed by atoms with Crippen LogP contribution in [0, 0.1) is 11.8 Å². The zero-order chi connectivity index (χ0) is 18.1. The van der Waals surface area contributed by atoms with Crippen molar-refractivity contribution in [2.45, 2.75) is 59.4 Å². The topological polar surface area (TPSA) is 63.2 Å². The molecule has 0 saturated heterocycles. The summed E-state index contributed by atoms with van der Waals surface area (Å²) in [6.45, 7) is 7.34. The van der Waals surface area contributed by atoms with Gasteiger partial charge in [0.2, 0.25) is 5.91 Å². The van der Waals surface area contributed by atoms with Crippen molar-refractivity contribution in [3.63, 3.8) is 0 Å². The Kier molecular flexibility index (Phi) is 8.37. The number of hydrogen-bond donors (Lipinski definition) is 1. The maximum atomic E-state index is 12.6. The maximum Gasteiger partial charge on any atom is 0.223 e. The van der Waals surface area contributed by atoms with Gasteiger partial charge >= 0.3 is 0 Å². The fraction of sp³-hybridized carbons (Fsp3) is 0.550. The van der Waals surface area contributed by atoms with Crippen LogP contribution in [0.2, 0.25) is 0 Å². The lowest BCUT2D eigenvalue weighted by atomic mass is 9.96. The summed E-state index contributed by atoms with van der Waals surface area (Å²) in [6.07, 6.45) is 1.94. The minimum absolute atomic E-state index is 0.0246. The first-order chi connectivity index (χ1) is 11.3. The molecule has 0 radical (unpaired) electrons. The Balaban J connectivity index is 2.78. The van der Waals surface area contributed by atoms with Gasteiger partial charge in [-0.15, -0.1) is 0 Å². The molecule has 0 unspecified atom stereocenters. The molecular formula is C20H29NO3. The molecule has 1 N–H and O–H groups in total. The standard InChI is InChI=1S/C20H29NO3/c1-14(2)10-11-19(23)18(13-17-8-6-5-7-9-17)21-20(24)15(3)12-16(4)22/h5-9,14-15,18H,10-13H2,1-4H3,(H,21,24)/t15-,18+/m1/s1. The minimum Gasteiger partial charge on any atom is -0.346 e. The van der Waals surface area contributed by atoms with E-state index in [0.29, 0.717) is 18.8 Å². The van der Waals surface area contributed by atoms with Gasteiger partial charge < -0.3 is 10.1 Å². The van der Waals surface area contributed by atoms with E-state index in [9.17, 15) is 14.4 Å². The van der Waals surface area contributed by atoms with E-state index in [0.717, 1.165) is 12.0 Å². The number of benzene rings is 1. The molecule has 1 amide bonds. The quantitative estimate of drug-likeness (QED) is 0.715. The summed E-state index contributed by atoms with van der Waals surface area (Å²) in [6, 6.07) is 9.14. The molecule has 0 aliphatic carbocycles. The smallest absolute Gasteiger partial charge is 0.223 e. The molecule has 0 saturated carbocycles. The van der Waals surface area contributed by atoms with Crippen molar-refractivity contribution in [3.8, 4) is 0 Å². The van der Waals surface area contributed by atoms with Crippen LogP contribution in [0.1, 0.15) is 52.5 Å². The Labute approximate surface area is 145 Å². The van der Waals surface area contributed by atoms with Crippen LogP contribution in [0.3, 0.4) is 0 Å². The number of carbonyl (C=O) groups excluding carboxylic acids is 3. The Morgan fingerprint density at radius 3 is 2.21 bits per heavy atom. The van der Waals surface area contributed by atoms with Crippen LogP contribution in [-0.2, 0) is 20.8 Å². The first-order valence-corrected chi connectivity index (χ1v) is 8.66. The van der Waals surface area contributed by atoms with Crippen molar-refractivity contribution >= 4 is 17.5 Å². The number of amides is 1. The molecular weight excluding hydrogens is 302 g/mol. The first-order valence-electron chi connectivity index (χ1n) is 8.66. The number of rotatable bonds is 10. The van der Waals surface area contributed by atoms with Crippen LogP contribution >= 0.6 is 0 Å². The number of ketones is 2. The van der Waals surface area contributed by atoms with Crippen molar-refractivity contribution in [2.24, 2.45) is 11.8 Å². The van der Waals surface area contributed by atoms with E-state index in [1.54, 1.807) is 6.92 Å². The average Bonchev–Trinajstić information content (AvgIpc) is 2.52. The van der Waals surface area contributed by atoms with Crippen LogP contribution in [-0.4, -0.2) is 23.5 Å². The molecule has 0 fully saturated rings. The van der Waals surface area contributed by atoms with Crippen molar-refractivity contribution in [3.05, 3.63) is 35.9 Å². The number of hydrogen-bond acceptors (Lipinski definition) is 3. The molecule has 1 aromatic rings. The molecule has 1 rings (SSSR count). The van der Waals surface area contributed by atoms with Gasteiger partial charge in [0.1, 0.15) is 5.78 Å². The predicted molar refractivity (Wildman–Crippen MR) is 95.6 cm³/mol. The lowest BCUT2D eigenvalue weighted by molar-refractivity contribution is -0.131. The Morgan fingerprint density at radius 1 is 1.04 bits per heavy atom. The van der Waals surface area contributed by atoms with Gasteiger partial charge in [-0.3, -0.25) is 9.59 Å². The largest absolute Gasteiger partial charge is 0.346 e. The van der Waals surface area contributed by atoms with E-state index in [2.05, 4.69) is 19.2 Å². The molecule has 2 atom stereocenters. The molecule has 132 valence electrons. The van der Waals surface area contributed by atoms with Crippen molar-refractivity contribution in [1.29, 1.82) is 0 Å². The third-order valence-electron chi connectivity index (χ3n) is 4.00. The van der Waals surface area contributed by atoms with Gasteiger partial charge in [-0.05, 0) is 31.2 Å². The van der Waals surface area contributed by atoms with E-state index in [1.807, 2.05) is 30.3 Å². The molecule has 4 heteroatoms. The summed E-state index contributed by atoms with van der Waals surface area (Å²) in [7, 11) is 0. The monoisotopic (exact) mass is 331 g/mol. The van der Waals surface area contributed by atoms with E-state index in [1.165, 1.54) is 6.92 Å². The average molecular weight is 331 g/mol. The second-order valence-corrected chi connectivity index (χ2v) is 6.96. The third-order valence-corrected chi connectivity index (χ3v) is 4.00. The van der Waals surface area contributed by atoms with Crippen LogP contribution in [0.5, 0.6) is 0 Å². The normalized spacial score (nSPS) is 13.4. The van der Waals surface area contributed by atoms with E-state index < -0.39 is 12.0 Å². The SMILES string of the molecule is CC(=O)C[C@@H](C)C(=O)N[C@@H](Cc1ccccc1)C(=O)CCC(C)C. The maximum absolute atomic E-state index is 12.6. The van der Waals surface area contributed by atoms with Crippen molar-refractivity contribution in [2.75, 3.05) is 0 Å². The molecule has 24 heavy (non-hydrogen) atoms. The van der Waals surface area contributed by atoms with Crippen molar-refractivity contribution in [1.82, 2.24) is 5.32 Å². The summed E-state index contributed by atoms with van der Waals surface area (Å²) < 4.78 is 0. The lowest BCUT2D eigenvalue weighted by Gasteiger charge is -2.20. The van der Waals surface area contributed by atoms with Gasteiger partial charge in [-0.25, -0.2) is 0 Å². The summed E-state index contributed by atoms with van der Waals surface area (Å²) >= 11 is 0. The van der Waals surface area contributed by atoms with Gasteiger partial charge in [0.15, 0.2) is 5.78 Å². The van der Waals surface area contributed by atoms with Crippen LogP contribution in [0.4, 0.5) is 0 Å². The summed E-state index contributed by atoms with van der Waals surface area (Å²) in [5, 5.41) is 2.85. The second kappa shape index (κ2) is 10.0. The molecule has 0 heterocycles. The Hall–Kier alpha value is -1.97. The minimum atomic E-state index is -0.534. The van der Waals surface area contributed by atoms with Crippen molar-refractivity contribution < 1.29 is 14.4 Å². The zero-order valence-corrected chi connectivity index (χ0v) is 15.2. The summed E-state index contributed by atoms with van der Waals surface area (Å²) in [5.41, 5.74) is 1.01. The van der Waals surface area contributed by atoms with Gasteiger partial charge in [-0.2, -0.15) is 0 Å². The predicted octanol–water partition coefficient (Wildman–Crippen LogP) is 3.33. The fourth-order valence-electron chi connectivity index (χ4n) is 2.54. The van der Waals surface area contributed by atoms with E-state index in [-0.39, 0.29) is 23.9 Å². The highest BCUT2D eigenvalue weighted by Crippen LogP contribution is 2.11. The highest BCUT2D eigenvalue weighted by Gasteiger charge is 2.24. The van der Waals surface area contributed by atoms with Crippen LogP contribution in [0.15, 0.2) is 30.3 Å². The highest BCUT2D eigenvalue weighted by molar-refractivity contribution is 5.91. The molecule has 0 aromatic heterocycles. The molecule has 0 aliphatic heterocycles. The van der Waals surface area contributed by atoms with Crippen LogP contribution in [0.25, 0.3) is 0 Å². The zero-order valence-electron chi connectivity index (χ0n) is 15.2. The third kappa shape index (κ3) is 7.53. The Bertz CT molecular complexity index is 551. The summed E-state index contributed by atoms with van der Waals surface area (Å²) in [4.78, 5) is 36.1. The van der Waals surface area contributed by atoms with E-state index in [4.69, 9.17) is 0 Å². The number of nitrogens with one attached hydrogen (secondary N) is 1. The Morgan fingerprint density at radius 2 is 1.67 bits per heavy atom. The second-order valence-electron chi connectivity index (χ2n) is 6.96. The molecule has 1 aromatic carbocycles. The van der Waals surface area contributed by atoms with Gasteiger partial charge in [0.05, 0.1) is 6.04 Å². The van der Waals surface area contributed by atoms with Gasteiger partial charge in [0.25, 0.3) is 0 Å². The summed E-state index contributed by atoms with van der Waals surface area (Å²) in [5.74, 6) is -0.180. The highest BCUT2D eigenvalue weighted by atomic mass is 16.2. The first kappa shape index (κ1) is 20.1. The molecule has 0 spiro atoms. The molecule has 4 nitrogen and oxygen atoms in total. The lowest BCUT2D eigenvalue weighted by Crippen LogP contribution is -2.44. The van der Waals surface area contributed by atoms with Gasteiger partial charge in [-0.1, -0.05) is 51.1 Å². The van der Waals surface area contributed by atoms with Crippen LogP contribution < -0.4 is 5.32 Å². The van der Waals surface area contributed by atoms with Gasteiger partial charge in [0, 0.05) is 18.8 Å². The molecule has 0 bridgehead atoms. The number of carbonyl (C=O) groups is 3. The number of Topliss-reactive ketones (excluding diaryl/α,β-unsaturated/α-hetero) is 2. The molecule has 0 aliphatic rings. The fourth-order valence-corrected chi connectivity index (χ4v) is 2.54. The van der Waals surface area contributed by atoms with E-state index >= 15 is 0 Å².